The van der Waals surface area contributed by atoms with Crippen LogP contribution in [-0.2, 0) is 0 Å². The number of nitrogens with one attached hydrogen (secondary N) is 1. The summed E-state index contributed by atoms with van der Waals surface area (Å²) in [7, 11) is 0. The fourth-order valence-electron chi connectivity index (χ4n) is 6.14. The van der Waals surface area contributed by atoms with Crippen molar-refractivity contribution in [3.8, 4) is 0 Å². The number of carbonyl (C=O) groups is 1. The summed E-state index contributed by atoms with van der Waals surface area (Å²) < 4.78 is 0. The number of allylic oxidation sites excluding steroid dienone is 1. The minimum absolute atomic E-state index is 0.0163. The van der Waals surface area contributed by atoms with Crippen molar-refractivity contribution < 1.29 is 9.90 Å². The van der Waals surface area contributed by atoms with Gasteiger partial charge in [-0.1, -0.05) is 79.3 Å². The Morgan fingerprint density at radius 2 is 1.62 bits per heavy atom. The molecule has 1 heterocycles. The highest BCUT2D eigenvalue weighted by atomic mass is 16.4. The number of hydrogen-bond donors (Lipinski definition) is 2. The highest BCUT2D eigenvalue weighted by Crippen LogP contribution is 2.45. The van der Waals surface area contributed by atoms with Crippen LogP contribution in [-0.4, -0.2) is 24.2 Å². The van der Waals surface area contributed by atoms with Gasteiger partial charge >= 0.3 is 5.97 Å². The van der Waals surface area contributed by atoms with E-state index in [1.807, 2.05) is 12.1 Å². The van der Waals surface area contributed by atoms with Gasteiger partial charge in [0.2, 0.25) is 0 Å². The first-order valence-corrected chi connectivity index (χ1v) is 12.3. The molecule has 3 aliphatic rings. The molecule has 2 atom stereocenters. The molecule has 0 radical (unpaired) electrons. The van der Waals surface area contributed by atoms with Crippen LogP contribution < -0.4 is 5.32 Å². The molecule has 2 aliphatic carbocycles. The van der Waals surface area contributed by atoms with E-state index >= 15 is 0 Å². The van der Waals surface area contributed by atoms with E-state index < -0.39 is 5.97 Å². The Kier molecular flexibility index (Phi) is 5.23. The highest BCUT2D eigenvalue weighted by molar-refractivity contribution is 5.89. The second kappa shape index (κ2) is 8.41. The van der Waals surface area contributed by atoms with Crippen LogP contribution in [0.4, 0.5) is 0 Å². The molecule has 34 heavy (non-hydrogen) atoms. The van der Waals surface area contributed by atoms with Gasteiger partial charge in [-0.25, -0.2) is 4.79 Å². The minimum Gasteiger partial charge on any atom is -0.478 e. The van der Waals surface area contributed by atoms with E-state index in [1.165, 1.54) is 40.7 Å². The van der Waals surface area contributed by atoms with Crippen LogP contribution in [0, 0.1) is 5.92 Å². The third-order valence-corrected chi connectivity index (χ3v) is 7.94. The number of benzene rings is 3. The number of piperidine rings is 1. The summed E-state index contributed by atoms with van der Waals surface area (Å²) in [6, 6.07) is 20.9. The van der Waals surface area contributed by atoms with E-state index in [4.69, 9.17) is 0 Å². The van der Waals surface area contributed by atoms with E-state index in [0.29, 0.717) is 17.4 Å². The molecule has 2 N–H and O–H groups in total. The maximum Gasteiger partial charge on any atom is 0.335 e. The van der Waals surface area contributed by atoms with Crippen molar-refractivity contribution in [2.45, 2.75) is 31.6 Å². The monoisotopic (exact) mass is 447 g/mol. The van der Waals surface area contributed by atoms with E-state index in [1.54, 1.807) is 11.6 Å². The zero-order valence-corrected chi connectivity index (χ0v) is 19.4. The lowest BCUT2D eigenvalue weighted by Crippen LogP contribution is -2.29. The largest absolute Gasteiger partial charge is 0.478 e. The molecule has 3 aromatic rings. The summed E-state index contributed by atoms with van der Waals surface area (Å²) in [5.41, 5.74) is 10.4. The lowest BCUT2D eigenvalue weighted by Gasteiger charge is -2.26. The minimum atomic E-state index is -0.889. The van der Waals surface area contributed by atoms with Gasteiger partial charge in [0.1, 0.15) is 0 Å². The zero-order chi connectivity index (χ0) is 23.2. The van der Waals surface area contributed by atoms with Crippen molar-refractivity contribution >= 4 is 24.2 Å². The highest BCUT2D eigenvalue weighted by Gasteiger charge is 2.30. The Balaban J connectivity index is 1.49. The normalized spacial score (nSPS) is 21.3. The molecule has 0 bridgehead atoms. The van der Waals surface area contributed by atoms with E-state index in [9.17, 15) is 9.90 Å². The van der Waals surface area contributed by atoms with Crippen LogP contribution in [0.3, 0.4) is 0 Å². The fourth-order valence-corrected chi connectivity index (χ4v) is 6.14. The van der Waals surface area contributed by atoms with Crippen LogP contribution >= 0.6 is 0 Å². The van der Waals surface area contributed by atoms with Crippen molar-refractivity contribution in [2.75, 3.05) is 13.1 Å². The second-order valence-corrected chi connectivity index (χ2v) is 9.82. The molecule has 3 nitrogen and oxygen atoms in total. The summed E-state index contributed by atoms with van der Waals surface area (Å²) in [5.74, 6) is 0.215. The molecular formula is C31H29NO2. The molecule has 6 rings (SSSR count). The van der Waals surface area contributed by atoms with Gasteiger partial charge in [0, 0.05) is 11.8 Å². The van der Waals surface area contributed by atoms with Crippen molar-refractivity contribution in [3.63, 3.8) is 0 Å². The Hall–Kier alpha value is -3.43. The third-order valence-electron chi connectivity index (χ3n) is 7.94. The first-order chi connectivity index (χ1) is 16.6. The lowest BCUT2D eigenvalue weighted by molar-refractivity contribution is 0.0696. The number of rotatable bonds is 3. The van der Waals surface area contributed by atoms with Gasteiger partial charge in [0.05, 0.1) is 5.56 Å². The second-order valence-electron chi connectivity index (χ2n) is 9.82. The molecule has 3 aromatic carbocycles. The van der Waals surface area contributed by atoms with Gasteiger partial charge in [-0.2, -0.15) is 0 Å². The first-order valence-electron chi connectivity index (χ1n) is 12.3. The molecule has 0 amide bonds. The van der Waals surface area contributed by atoms with Gasteiger partial charge in [0.15, 0.2) is 0 Å². The van der Waals surface area contributed by atoms with Crippen LogP contribution in [0.25, 0.3) is 18.2 Å². The molecule has 1 aliphatic heterocycles. The Bertz CT molecular complexity index is 1340. The molecule has 1 saturated heterocycles. The number of hydrogen-bond acceptors (Lipinski definition) is 2. The molecule has 0 spiro atoms. The smallest absolute Gasteiger partial charge is 0.335 e. The van der Waals surface area contributed by atoms with Gasteiger partial charge < -0.3 is 10.4 Å². The van der Waals surface area contributed by atoms with Crippen LogP contribution in [0.2, 0.25) is 0 Å². The average molecular weight is 448 g/mol. The average Bonchev–Trinajstić information content (AvgIpc) is 3.10. The van der Waals surface area contributed by atoms with Gasteiger partial charge in [-0.05, 0) is 82.9 Å². The maximum atomic E-state index is 11.8. The van der Waals surface area contributed by atoms with Gasteiger partial charge in [-0.3, -0.25) is 0 Å². The predicted octanol–water partition coefficient (Wildman–Crippen LogP) is 6.55. The molecule has 2 unspecified atom stereocenters. The molecule has 0 saturated carbocycles. The Morgan fingerprint density at radius 3 is 2.41 bits per heavy atom. The van der Waals surface area contributed by atoms with Gasteiger partial charge in [0.25, 0.3) is 0 Å². The van der Waals surface area contributed by atoms with Crippen molar-refractivity contribution in [3.05, 3.63) is 111 Å². The molecular weight excluding hydrogens is 418 g/mol. The van der Waals surface area contributed by atoms with Crippen LogP contribution in [0.5, 0.6) is 0 Å². The maximum absolute atomic E-state index is 11.8. The van der Waals surface area contributed by atoms with E-state index in [2.05, 4.69) is 72.9 Å². The van der Waals surface area contributed by atoms with Crippen molar-refractivity contribution in [2.24, 2.45) is 5.92 Å². The molecule has 0 aromatic heterocycles. The van der Waals surface area contributed by atoms with Crippen molar-refractivity contribution in [1.82, 2.24) is 5.32 Å². The topological polar surface area (TPSA) is 49.3 Å². The summed E-state index contributed by atoms with van der Waals surface area (Å²) in [6.07, 6.45) is 9.13. The fraction of sp³-hybridized carbons (Fsp3) is 0.258. The predicted molar refractivity (Wildman–Crippen MR) is 138 cm³/mol. The van der Waals surface area contributed by atoms with Crippen LogP contribution in [0.15, 0.2) is 66.2 Å². The SMILES string of the molecule is CC1C(C2CCNCC2)=Cc2cc(C3c4ccccc4C=Cc4ccc(C(=O)O)cc43)ccc21. The number of fused-ring (bicyclic) bond motifs is 3. The molecule has 1 fully saturated rings. The number of carboxylic acids is 1. The Labute approximate surface area is 200 Å². The zero-order valence-electron chi connectivity index (χ0n) is 19.4. The van der Waals surface area contributed by atoms with Gasteiger partial charge in [-0.15, -0.1) is 0 Å². The Morgan fingerprint density at radius 1 is 0.853 bits per heavy atom. The standard InChI is InChI=1S/C31H29NO2/c1-19-26-11-10-23(16-25(26)18-28(19)22-12-14-32-15-13-22)30-27-5-3-2-4-20(27)6-7-21-8-9-24(31(33)34)17-29(21)30/h2-11,16-19,22,30,32H,12-15H2,1H3,(H,33,34). The molecule has 3 heteroatoms. The number of carboxylic acid groups (broad SMARTS) is 1. The summed E-state index contributed by atoms with van der Waals surface area (Å²) >= 11 is 0. The van der Waals surface area contributed by atoms with E-state index in [0.717, 1.165) is 24.2 Å². The summed E-state index contributed by atoms with van der Waals surface area (Å²) in [5, 5.41) is 13.2. The van der Waals surface area contributed by atoms with Crippen LogP contribution in [0.1, 0.15) is 80.9 Å². The first kappa shape index (κ1) is 21.1. The third kappa shape index (κ3) is 3.52. The number of aromatic carboxylic acids is 1. The molecule has 170 valence electrons. The lowest BCUT2D eigenvalue weighted by atomic mass is 9.80. The summed E-state index contributed by atoms with van der Waals surface area (Å²) in [4.78, 5) is 11.8. The van der Waals surface area contributed by atoms with Crippen molar-refractivity contribution in [1.29, 1.82) is 0 Å². The summed E-state index contributed by atoms with van der Waals surface area (Å²) in [6.45, 7) is 4.55. The quantitative estimate of drug-likeness (QED) is 0.374. The van der Waals surface area contributed by atoms with E-state index in [-0.39, 0.29) is 5.92 Å².